The molecule has 3 rings (SSSR count). The molecule has 0 spiro atoms. The molecule has 3 aromatic rings. The molecule has 1 amide bonds. The van der Waals surface area contributed by atoms with Crippen molar-refractivity contribution in [1.82, 2.24) is 0 Å². The minimum Gasteiger partial charge on any atom is -0.497 e. The van der Waals surface area contributed by atoms with Crippen molar-refractivity contribution in [2.75, 3.05) is 23.3 Å². The van der Waals surface area contributed by atoms with Gasteiger partial charge >= 0.3 is 0 Å². The van der Waals surface area contributed by atoms with Crippen LogP contribution in [-0.4, -0.2) is 28.0 Å². The van der Waals surface area contributed by atoms with E-state index in [1.165, 1.54) is 19.2 Å². The molecular formula is C22H22N2O4S. The fourth-order valence-electron chi connectivity index (χ4n) is 2.77. The lowest BCUT2D eigenvalue weighted by Gasteiger charge is -2.24. The molecule has 0 aliphatic rings. The Balaban J connectivity index is 1.94. The molecule has 7 heteroatoms. The van der Waals surface area contributed by atoms with E-state index >= 15 is 0 Å². The maximum atomic E-state index is 13.3. The Kier molecular flexibility index (Phi) is 6.19. The first-order chi connectivity index (χ1) is 13.9. The second kappa shape index (κ2) is 8.79. The molecule has 0 radical (unpaired) electrons. The molecule has 0 aliphatic carbocycles. The number of methoxy groups -OCH3 is 1. The second-order valence-electron chi connectivity index (χ2n) is 6.44. The van der Waals surface area contributed by atoms with Crippen LogP contribution in [0, 0.1) is 6.92 Å². The van der Waals surface area contributed by atoms with Crippen LogP contribution in [0.1, 0.15) is 5.56 Å². The van der Waals surface area contributed by atoms with Crippen molar-refractivity contribution in [3.05, 3.63) is 84.4 Å². The highest BCUT2D eigenvalue weighted by molar-refractivity contribution is 7.92. The molecule has 29 heavy (non-hydrogen) atoms. The Morgan fingerprint density at radius 3 is 2.31 bits per heavy atom. The maximum Gasteiger partial charge on any atom is 0.264 e. The zero-order valence-corrected chi connectivity index (χ0v) is 17.0. The van der Waals surface area contributed by atoms with Gasteiger partial charge in [-0.2, -0.15) is 0 Å². The van der Waals surface area contributed by atoms with Crippen molar-refractivity contribution < 1.29 is 17.9 Å². The second-order valence-corrected chi connectivity index (χ2v) is 8.30. The number of carbonyl (C=O) groups is 1. The molecule has 1 N–H and O–H groups in total. The summed E-state index contributed by atoms with van der Waals surface area (Å²) in [4.78, 5) is 12.8. The molecule has 6 nitrogen and oxygen atoms in total. The van der Waals surface area contributed by atoms with Crippen LogP contribution in [0.5, 0.6) is 5.75 Å². The average Bonchev–Trinajstić information content (AvgIpc) is 2.74. The number of carbonyl (C=O) groups excluding carboxylic acids is 1. The van der Waals surface area contributed by atoms with Gasteiger partial charge in [-0.05, 0) is 43.3 Å². The van der Waals surface area contributed by atoms with Crippen molar-refractivity contribution in [1.29, 1.82) is 0 Å². The molecule has 0 bridgehead atoms. The number of hydrogen-bond acceptors (Lipinski definition) is 4. The van der Waals surface area contributed by atoms with Crippen LogP contribution in [0.15, 0.2) is 83.8 Å². The number of benzene rings is 3. The number of ether oxygens (including phenoxy) is 1. The summed E-state index contributed by atoms with van der Waals surface area (Å²) in [5.41, 5.74) is 2.00. The predicted octanol–water partition coefficient (Wildman–Crippen LogP) is 3.84. The highest BCUT2D eigenvalue weighted by Gasteiger charge is 2.27. The summed E-state index contributed by atoms with van der Waals surface area (Å²) in [6.45, 7) is 1.57. The Morgan fingerprint density at radius 2 is 1.66 bits per heavy atom. The fraction of sp³-hybridized carbons (Fsp3) is 0.136. The number of aryl methyl sites for hydroxylation is 1. The van der Waals surface area contributed by atoms with E-state index < -0.39 is 15.9 Å². The highest BCUT2D eigenvalue weighted by atomic mass is 32.2. The maximum absolute atomic E-state index is 13.3. The fourth-order valence-corrected chi connectivity index (χ4v) is 4.20. The number of hydrogen-bond donors (Lipinski definition) is 1. The van der Waals surface area contributed by atoms with E-state index in [0.717, 1.165) is 9.87 Å². The lowest BCUT2D eigenvalue weighted by Crippen LogP contribution is -2.38. The van der Waals surface area contributed by atoms with Crippen molar-refractivity contribution in [3.8, 4) is 5.75 Å². The van der Waals surface area contributed by atoms with E-state index in [2.05, 4.69) is 5.32 Å². The number of sulfonamides is 1. The number of amides is 1. The number of nitrogens with one attached hydrogen (secondary N) is 1. The van der Waals surface area contributed by atoms with E-state index in [4.69, 9.17) is 4.74 Å². The minimum absolute atomic E-state index is 0.103. The van der Waals surface area contributed by atoms with Crippen molar-refractivity contribution >= 4 is 27.3 Å². The van der Waals surface area contributed by atoms with Crippen LogP contribution < -0.4 is 14.4 Å². The van der Waals surface area contributed by atoms with E-state index in [1.54, 1.807) is 54.6 Å². The smallest absolute Gasteiger partial charge is 0.264 e. The van der Waals surface area contributed by atoms with E-state index in [-0.39, 0.29) is 11.4 Å². The third-order valence-corrected chi connectivity index (χ3v) is 6.08. The third-order valence-electron chi connectivity index (χ3n) is 4.30. The summed E-state index contributed by atoms with van der Waals surface area (Å²) in [5, 5.41) is 2.75. The first kappa shape index (κ1) is 20.4. The van der Waals surface area contributed by atoms with Gasteiger partial charge in [0.15, 0.2) is 0 Å². The normalized spacial score (nSPS) is 11.0. The zero-order chi connectivity index (χ0) is 20.9. The van der Waals surface area contributed by atoms with Crippen molar-refractivity contribution in [3.63, 3.8) is 0 Å². The Labute approximate surface area is 170 Å². The van der Waals surface area contributed by atoms with Crippen molar-refractivity contribution in [2.24, 2.45) is 0 Å². The third kappa shape index (κ3) is 4.94. The van der Waals surface area contributed by atoms with E-state index in [0.29, 0.717) is 17.1 Å². The van der Waals surface area contributed by atoms with Crippen LogP contribution in [0.25, 0.3) is 0 Å². The Morgan fingerprint density at radius 1 is 0.966 bits per heavy atom. The minimum atomic E-state index is -3.96. The first-order valence-electron chi connectivity index (χ1n) is 8.98. The number of anilines is 2. The summed E-state index contributed by atoms with van der Waals surface area (Å²) < 4.78 is 32.8. The van der Waals surface area contributed by atoms with Crippen LogP contribution in [0.4, 0.5) is 11.4 Å². The van der Waals surface area contributed by atoms with E-state index in [1.807, 2.05) is 19.1 Å². The molecule has 0 fully saturated rings. The average molecular weight is 410 g/mol. The van der Waals surface area contributed by atoms with Gasteiger partial charge in [0.2, 0.25) is 5.91 Å². The molecular weight excluding hydrogens is 388 g/mol. The lowest BCUT2D eigenvalue weighted by atomic mass is 10.2. The molecule has 0 saturated carbocycles. The van der Waals surface area contributed by atoms with Crippen LogP contribution >= 0.6 is 0 Å². The summed E-state index contributed by atoms with van der Waals surface area (Å²) in [6.07, 6.45) is 0. The van der Waals surface area contributed by atoms with Crippen LogP contribution in [-0.2, 0) is 14.8 Å². The van der Waals surface area contributed by atoms with Gasteiger partial charge in [-0.15, -0.1) is 0 Å². The lowest BCUT2D eigenvalue weighted by molar-refractivity contribution is -0.114. The van der Waals surface area contributed by atoms with Crippen LogP contribution in [0.3, 0.4) is 0 Å². The molecule has 150 valence electrons. The quantitative estimate of drug-likeness (QED) is 0.642. The van der Waals surface area contributed by atoms with Crippen molar-refractivity contribution in [2.45, 2.75) is 11.8 Å². The summed E-state index contributed by atoms with van der Waals surface area (Å²) >= 11 is 0. The Bertz CT molecular complexity index is 1080. The molecule has 0 saturated heterocycles. The van der Waals surface area contributed by atoms with Gasteiger partial charge in [0.25, 0.3) is 10.0 Å². The van der Waals surface area contributed by atoms with Crippen LogP contribution in [0.2, 0.25) is 0 Å². The number of nitrogens with zero attached hydrogens (tertiary/aromatic N) is 1. The van der Waals surface area contributed by atoms with Gasteiger partial charge in [0.1, 0.15) is 12.3 Å². The molecule has 0 heterocycles. The van der Waals surface area contributed by atoms with Gasteiger partial charge in [-0.3, -0.25) is 9.10 Å². The highest BCUT2D eigenvalue weighted by Crippen LogP contribution is 2.27. The molecule has 0 aromatic heterocycles. The molecule has 3 aromatic carbocycles. The first-order valence-corrected chi connectivity index (χ1v) is 10.4. The largest absolute Gasteiger partial charge is 0.497 e. The van der Waals surface area contributed by atoms with Gasteiger partial charge in [0, 0.05) is 11.8 Å². The van der Waals surface area contributed by atoms with Gasteiger partial charge in [-0.1, -0.05) is 42.0 Å². The standard InChI is InChI=1S/C22H22N2O4S/c1-17-11-13-18(14-12-17)23-22(25)16-24(19-7-6-8-20(15-19)28-2)29(26,27)21-9-4-3-5-10-21/h3-15H,16H2,1-2H3,(H,23,25). The zero-order valence-electron chi connectivity index (χ0n) is 16.2. The van der Waals surface area contributed by atoms with E-state index in [9.17, 15) is 13.2 Å². The Hall–Kier alpha value is -3.32. The monoisotopic (exact) mass is 410 g/mol. The molecule has 0 unspecified atom stereocenters. The van der Waals surface area contributed by atoms with Gasteiger partial charge < -0.3 is 10.1 Å². The molecule has 0 atom stereocenters. The summed E-state index contributed by atoms with van der Waals surface area (Å²) in [7, 11) is -2.46. The summed E-state index contributed by atoms with van der Waals surface area (Å²) in [5.74, 6) is 0.0471. The topological polar surface area (TPSA) is 75.7 Å². The summed E-state index contributed by atoms with van der Waals surface area (Å²) in [6, 6.07) is 21.9. The van der Waals surface area contributed by atoms with Gasteiger partial charge in [0.05, 0.1) is 17.7 Å². The number of rotatable bonds is 7. The molecule has 0 aliphatic heterocycles. The van der Waals surface area contributed by atoms with Gasteiger partial charge in [-0.25, -0.2) is 8.42 Å². The SMILES string of the molecule is COc1cccc(N(CC(=O)Nc2ccc(C)cc2)S(=O)(=O)c2ccccc2)c1. The predicted molar refractivity (Wildman–Crippen MR) is 114 cm³/mol.